The molecule has 0 radical (unpaired) electrons. The maximum Gasteiger partial charge on any atom is 0.356 e. The Morgan fingerprint density at radius 1 is 1.43 bits per heavy atom. The first kappa shape index (κ1) is 14.7. The van der Waals surface area contributed by atoms with Gasteiger partial charge in [0.25, 0.3) is 5.91 Å². The molecule has 0 aliphatic heterocycles. The second-order valence-corrected chi connectivity index (χ2v) is 4.49. The molecule has 110 valence electrons. The van der Waals surface area contributed by atoms with Gasteiger partial charge in [-0.2, -0.15) is 0 Å². The van der Waals surface area contributed by atoms with Crippen LogP contribution in [-0.4, -0.2) is 33.1 Å². The van der Waals surface area contributed by atoms with Gasteiger partial charge in [0.05, 0.1) is 11.9 Å². The number of rotatable bonds is 5. The van der Waals surface area contributed by atoms with E-state index in [1.165, 1.54) is 23.2 Å². The maximum absolute atomic E-state index is 13.8. The zero-order chi connectivity index (χ0) is 15.4. The van der Waals surface area contributed by atoms with E-state index in [0.29, 0.717) is 12.1 Å². The highest BCUT2D eigenvalue weighted by molar-refractivity contribution is 5.94. The van der Waals surface area contributed by atoms with Gasteiger partial charge in [-0.1, -0.05) is 12.1 Å². The minimum absolute atomic E-state index is 0.00754. The lowest BCUT2D eigenvalue weighted by molar-refractivity contribution is 0.0690. The number of hydrogen-bond acceptors (Lipinski definition) is 3. The smallest absolute Gasteiger partial charge is 0.356 e. The van der Waals surface area contributed by atoms with E-state index in [0.717, 1.165) is 0 Å². The van der Waals surface area contributed by atoms with Crippen LogP contribution in [0, 0.1) is 12.7 Å². The van der Waals surface area contributed by atoms with Gasteiger partial charge in [0.1, 0.15) is 5.82 Å². The molecule has 1 aromatic heterocycles. The Hall–Kier alpha value is -2.70. The third-order valence-corrected chi connectivity index (χ3v) is 2.94. The van der Waals surface area contributed by atoms with Gasteiger partial charge in [0.2, 0.25) is 0 Å². The summed E-state index contributed by atoms with van der Waals surface area (Å²) in [6.07, 6.45) is 2.73. The van der Waals surface area contributed by atoms with Crippen molar-refractivity contribution in [3.63, 3.8) is 0 Å². The van der Waals surface area contributed by atoms with Crippen LogP contribution in [0.2, 0.25) is 0 Å². The van der Waals surface area contributed by atoms with Crippen molar-refractivity contribution in [2.45, 2.75) is 13.5 Å². The quantitative estimate of drug-likeness (QED) is 0.873. The highest BCUT2D eigenvalue weighted by Crippen LogP contribution is 2.11. The first-order valence-corrected chi connectivity index (χ1v) is 6.27. The molecule has 0 aliphatic carbocycles. The zero-order valence-electron chi connectivity index (χ0n) is 11.3. The van der Waals surface area contributed by atoms with Gasteiger partial charge in [-0.3, -0.25) is 4.79 Å². The average Bonchev–Trinajstić information content (AvgIpc) is 2.91. The molecule has 21 heavy (non-hydrogen) atoms. The van der Waals surface area contributed by atoms with Gasteiger partial charge < -0.3 is 15.0 Å². The number of hydrogen-bond donors (Lipinski definition) is 2. The first-order chi connectivity index (χ1) is 9.99. The minimum Gasteiger partial charge on any atom is -0.476 e. The van der Waals surface area contributed by atoms with E-state index >= 15 is 0 Å². The number of carboxylic acids is 1. The van der Waals surface area contributed by atoms with Gasteiger partial charge in [-0.25, -0.2) is 14.2 Å². The highest BCUT2D eigenvalue weighted by atomic mass is 19.1. The Morgan fingerprint density at radius 3 is 2.86 bits per heavy atom. The number of halogens is 1. The molecule has 0 bridgehead atoms. The van der Waals surface area contributed by atoms with Crippen molar-refractivity contribution < 1.29 is 19.1 Å². The van der Waals surface area contributed by atoms with Crippen molar-refractivity contribution >= 4 is 11.9 Å². The number of aromatic nitrogens is 2. The third-order valence-electron chi connectivity index (χ3n) is 2.94. The lowest BCUT2D eigenvalue weighted by Crippen LogP contribution is -2.27. The fraction of sp³-hybridized carbons (Fsp3) is 0.214. The molecule has 1 amide bonds. The summed E-state index contributed by atoms with van der Waals surface area (Å²) in [6.45, 7) is 2.17. The normalized spacial score (nSPS) is 10.4. The summed E-state index contributed by atoms with van der Waals surface area (Å²) in [7, 11) is 0. The predicted octanol–water partition coefficient (Wildman–Crippen LogP) is 1.46. The van der Waals surface area contributed by atoms with Crippen molar-refractivity contribution in [1.82, 2.24) is 14.9 Å². The SMILES string of the molecule is Cc1cccc(C(=O)NCCn2cnc(C(=O)O)c2)c1F. The average molecular weight is 291 g/mol. The van der Waals surface area contributed by atoms with E-state index in [-0.39, 0.29) is 17.8 Å². The molecule has 0 fully saturated rings. The maximum atomic E-state index is 13.8. The van der Waals surface area contributed by atoms with Crippen molar-refractivity contribution in [3.05, 3.63) is 53.4 Å². The second-order valence-electron chi connectivity index (χ2n) is 4.49. The zero-order valence-corrected chi connectivity index (χ0v) is 11.3. The number of imidazole rings is 1. The lowest BCUT2D eigenvalue weighted by Gasteiger charge is -2.07. The van der Waals surface area contributed by atoms with Crippen molar-refractivity contribution in [2.24, 2.45) is 0 Å². The predicted molar refractivity (Wildman–Crippen MR) is 72.7 cm³/mol. The molecule has 7 heteroatoms. The number of nitrogens with zero attached hydrogens (tertiary/aromatic N) is 2. The van der Waals surface area contributed by atoms with Crippen LogP contribution in [0.4, 0.5) is 4.39 Å². The van der Waals surface area contributed by atoms with E-state index in [9.17, 15) is 14.0 Å². The summed E-state index contributed by atoms with van der Waals surface area (Å²) in [5.41, 5.74) is 0.335. The molecule has 2 aromatic rings. The molecule has 0 saturated heterocycles. The van der Waals surface area contributed by atoms with Crippen molar-refractivity contribution in [1.29, 1.82) is 0 Å². The molecule has 1 heterocycles. The topological polar surface area (TPSA) is 84.2 Å². The van der Waals surface area contributed by atoms with Gasteiger partial charge in [0.15, 0.2) is 5.69 Å². The summed E-state index contributed by atoms with van der Waals surface area (Å²) in [4.78, 5) is 26.2. The van der Waals surface area contributed by atoms with E-state index in [1.807, 2.05) is 0 Å². The highest BCUT2D eigenvalue weighted by Gasteiger charge is 2.12. The molecule has 0 saturated carbocycles. The Labute approximate surface area is 120 Å². The Bertz CT molecular complexity index is 682. The molecule has 2 N–H and O–H groups in total. The number of aryl methyl sites for hydroxylation is 1. The van der Waals surface area contributed by atoms with Crippen LogP contribution in [0.15, 0.2) is 30.7 Å². The fourth-order valence-corrected chi connectivity index (χ4v) is 1.81. The Balaban J connectivity index is 1.92. The van der Waals surface area contributed by atoms with Crippen LogP contribution < -0.4 is 5.32 Å². The number of aromatic carboxylic acids is 1. The Morgan fingerprint density at radius 2 is 2.19 bits per heavy atom. The number of nitrogens with one attached hydrogen (secondary N) is 1. The van der Waals surface area contributed by atoms with E-state index in [1.54, 1.807) is 19.1 Å². The van der Waals surface area contributed by atoms with Crippen LogP contribution >= 0.6 is 0 Å². The van der Waals surface area contributed by atoms with Crippen LogP contribution in [0.25, 0.3) is 0 Å². The van der Waals surface area contributed by atoms with Crippen LogP contribution in [-0.2, 0) is 6.54 Å². The van der Waals surface area contributed by atoms with Crippen LogP contribution in [0.1, 0.15) is 26.4 Å². The number of carbonyl (C=O) groups excluding carboxylic acids is 1. The van der Waals surface area contributed by atoms with Gasteiger partial charge in [-0.15, -0.1) is 0 Å². The largest absolute Gasteiger partial charge is 0.476 e. The molecular weight excluding hydrogens is 277 g/mol. The molecule has 0 atom stereocenters. The lowest BCUT2D eigenvalue weighted by atomic mass is 10.1. The van der Waals surface area contributed by atoms with Crippen molar-refractivity contribution in [2.75, 3.05) is 6.54 Å². The second kappa shape index (κ2) is 6.17. The molecule has 0 unspecified atom stereocenters. The fourth-order valence-electron chi connectivity index (χ4n) is 1.81. The third kappa shape index (κ3) is 3.44. The standard InChI is InChI=1S/C14H14FN3O3/c1-9-3-2-4-10(12(9)15)13(19)16-5-6-18-7-11(14(20)21)17-8-18/h2-4,7-8H,5-6H2,1H3,(H,16,19)(H,20,21). The molecule has 0 aliphatic rings. The number of amides is 1. The molecule has 6 nitrogen and oxygen atoms in total. The first-order valence-electron chi connectivity index (χ1n) is 6.27. The molecule has 2 rings (SSSR count). The summed E-state index contributed by atoms with van der Waals surface area (Å²) in [6, 6.07) is 4.62. The number of carboxylic acid groups (broad SMARTS) is 1. The number of carbonyl (C=O) groups is 2. The van der Waals surface area contributed by atoms with Crippen LogP contribution in [0.5, 0.6) is 0 Å². The number of benzene rings is 1. The van der Waals surface area contributed by atoms with Gasteiger partial charge in [0, 0.05) is 19.3 Å². The summed E-state index contributed by atoms with van der Waals surface area (Å²) in [5, 5.41) is 11.3. The van der Waals surface area contributed by atoms with Crippen molar-refractivity contribution in [3.8, 4) is 0 Å². The van der Waals surface area contributed by atoms with Gasteiger partial charge in [-0.05, 0) is 18.6 Å². The summed E-state index contributed by atoms with van der Waals surface area (Å²) < 4.78 is 15.3. The summed E-state index contributed by atoms with van der Waals surface area (Å²) in [5.74, 6) is -2.15. The monoisotopic (exact) mass is 291 g/mol. The van der Waals surface area contributed by atoms with Gasteiger partial charge >= 0.3 is 5.97 Å². The summed E-state index contributed by atoms with van der Waals surface area (Å²) >= 11 is 0. The van der Waals surface area contributed by atoms with Crippen LogP contribution in [0.3, 0.4) is 0 Å². The van der Waals surface area contributed by atoms with E-state index in [2.05, 4.69) is 10.3 Å². The molecular formula is C14H14FN3O3. The van der Waals surface area contributed by atoms with E-state index < -0.39 is 17.7 Å². The van der Waals surface area contributed by atoms with E-state index in [4.69, 9.17) is 5.11 Å². The Kier molecular flexibility index (Phi) is 4.32. The molecule has 0 spiro atoms. The minimum atomic E-state index is -1.11. The molecule has 1 aromatic carbocycles.